The van der Waals surface area contributed by atoms with Gasteiger partial charge in [-0.15, -0.1) is 0 Å². The Morgan fingerprint density at radius 1 is 0.400 bits per heavy atom. The van der Waals surface area contributed by atoms with E-state index in [1.807, 2.05) is 60.7 Å². The van der Waals surface area contributed by atoms with E-state index in [2.05, 4.69) is 90.8 Å². The largest absolute Gasteiger partial charge is 0.253 e. The molecule has 0 amide bonds. The third-order valence-electron chi connectivity index (χ3n) is 8.06. The summed E-state index contributed by atoms with van der Waals surface area (Å²) in [6.45, 7) is 2.14. The second kappa shape index (κ2) is 11.2. The van der Waals surface area contributed by atoms with Crippen LogP contribution in [0.5, 0.6) is 0 Å². The van der Waals surface area contributed by atoms with Crippen LogP contribution in [0.1, 0.15) is 5.56 Å². The lowest BCUT2D eigenvalue weighted by atomic mass is 10.0. The molecule has 212 valence electrons. The Labute approximate surface area is 261 Å². The van der Waals surface area contributed by atoms with Crippen LogP contribution in [0.2, 0.25) is 0 Å². The highest BCUT2D eigenvalue weighted by Crippen LogP contribution is 2.33. The van der Waals surface area contributed by atoms with E-state index in [1.54, 1.807) is 6.20 Å². The lowest BCUT2D eigenvalue weighted by Crippen LogP contribution is -1.97. The summed E-state index contributed by atoms with van der Waals surface area (Å²) in [4.78, 5) is 24.7. The Kier molecular flexibility index (Phi) is 6.61. The fourth-order valence-corrected chi connectivity index (χ4v) is 5.76. The summed E-state index contributed by atoms with van der Waals surface area (Å²) in [5, 5.41) is 2.17. The Balaban J connectivity index is 1.26. The van der Waals surface area contributed by atoms with Crippen LogP contribution in [0.25, 0.3) is 78.4 Å². The molecule has 0 aliphatic rings. The average molecular weight is 578 g/mol. The fraction of sp³-hybridized carbons (Fsp3) is 0.0250. The molecule has 4 heterocycles. The van der Waals surface area contributed by atoms with Crippen LogP contribution >= 0.6 is 0 Å². The van der Waals surface area contributed by atoms with Crippen LogP contribution in [0.4, 0.5) is 0 Å². The van der Waals surface area contributed by atoms with E-state index >= 15 is 0 Å². The molecule has 0 saturated heterocycles. The minimum Gasteiger partial charge on any atom is -0.253 e. The number of aryl methyl sites for hydroxylation is 1. The topological polar surface area (TPSA) is 64.5 Å². The molecule has 5 nitrogen and oxygen atoms in total. The molecule has 0 spiro atoms. The molecule has 0 bridgehead atoms. The summed E-state index contributed by atoms with van der Waals surface area (Å²) in [7, 11) is 0. The van der Waals surface area contributed by atoms with Crippen molar-refractivity contribution < 1.29 is 0 Å². The fourth-order valence-electron chi connectivity index (χ4n) is 5.76. The van der Waals surface area contributed by atoms with E-state index in [0.29, 0.717) is 5.82 Å². The van der Waals surface area contributed by atoms with Crippen molar-refractivity contribution in [3.05, 3.63) is 151 Å². The molecule has 4 aromatic carbocycles. The van der Waals surface area contributed by atoms with Gasteiger partial charge in [0, 0.05) is 39.2 Å². The lowest BCUT2D eigenvalue weighted by Gasteiger charge is -2.11. The molecule has 0 radical (unpaired) electrons. The Morgan fingerprint density at radius 3 is 1.71 bits per heavy atom. The Hall–Kier alpha value is -6.07. The first-order valence-electron chi connectivity index (χ1n) is 14.9. The van der Waals surface area contributed by atoms with Gasteiger partial charge in [0.25, 0.3) is 0 Å². The molecule has 0 saturated carbocycles. The first-order chi connectivity index (χ1) is 22.2. The number of nitrogens with zero attached hydrogens (tertiary/aromatic N) is 5. The second-order valence-electron chi connectivity index (χ2n) is 11.0. The predicted molar refractivity (Wildman–Crippen MR) is 182 cm³/mol. The summed E-state index contributed by atoms with van der Waals surface area (Å²) >= 11 is 0. The van der Waals surface area contributed by atoms with E-state index in [9.17, 15) is 0 Å². The van der Waals surface area contributed by atoms with Crippen molar-refractivity contribution in [3.8, 4) is 56.5 Å². The average Bonchev–Trinajstić information content (AvgIpc) is 3.12. The summed E-state index contributed by atoms with van der Waals surface area (Å²) in [6.07, 6.45) is 1.77. The van der Waals surface area contributed by atoms with Crippen LogP contribution in [0, 0.1) is 6.92 Å². The van der Waals surface area contributed by atoms with Crippen molar-refractivity contribution in [2.75, 3.05) is 0 Å². The van der Waals surface area contributed by atoms with E-state index in [4.69, 9.17) is 19.9 Å². The number of aromatic nitrogens is 5. The van der Waals surface area contributed by atoms with Gasteiger partial charge in [-0.3, -0.25) is 4.98 Å². The van der Waals surface area contributed by atoms with Crippen molar-refractivity contribution in [1.29, 1.82) is 0 Å². The van der Waals surface area contributed by atoms with Crippen LogP contribution in [-0.4, -0.2) is 24.9 Å². The van der Waals surface area contributed by atoms with E-state index < -0.39 is 0 Å². The van der Waals surface area contributed by atoms with E-state index in [0.717, 1.165) is 72.5 Å². The van der Waals surface area contributed by atoms with Crippen molar-refractivity contribution in [1.82, 2.24) is 24.9 Å². The zero-order valence-corrected chi connectivity index (χ0v) is 24.6. The maximum absolute atomic E-state index is 5.21. The van der Waals surface area contributed by atoms with Crippen LogP contribution < -0.4 is 0 Å². The standard InChI is InChI=1S/C40H27N5/c1-26-23-35(27-11-4-2-5-12-27)43-39-32(26)20-18-29-19-21-33(42-38(29)39)30-15-10-16-31(24-30)37-25-36(28-13-6-3-7-14-28)44-40(45-37)34-17-8-9-22-41-34/h2-25H,1H3. The molecule has 0 unspecified atom stereocenters. The molecular formula is C40H27N5. The number of fused-ring (bicyclic) bond motifs is 3. The zero-order chi connectivity index (χ0) is 30.2. The summed E-state index contributed by atoms with van der Waals surface area (Å²) in [6, 6.07) is 47.3. The maximum Gasteiger partial charge on any atom is 0.179 e. The zero-order valence-electron chi connectivity index (χ0n) is 24.6. The molecule has 0 fully saturated rings. The molecule has 4 aromatic heterocycles. The summed E-state index contributed by atoms with van der Waals surface area (Å²) in [5.74, 6) is 0.586. The van der Waals surface area contributed by atoms with Gasteiger partial charge in [0.15, 0.2) is 5.82 Å². The number of benzene rings is 4. The quantitative estimate of drug-likeness (QED) is 0.191. The minimum atomic E-state index is 0.586. The molecule has 0 N–H and O–H groups in total. The number of pyridine rings is 3. The lowest BCUT2D eigenvalue weighted by molar-refractivity contribution is 1.15. The molecule has 0 atom stereocenters. The maximum atomic E-state index is 5.21. The number of rotatable bonds is 5. The van der Waals surface area contributed by atoms with E-state index in [-0.39, 0.29) is 0 Å². The van der Waals surface area contributed by atoms with Gasteiger partial charge in [-0.05, 0) is 48.9 Å². The van der Waals surface area contributed by atoms with Gasteiger partial charge in [0.1, 0.15) is 5.69 Å². The van der Waals surface area contributed by atoms with Gasteiger partial charge >= 0.3 is 0 Å². The number of hydrogen-bond acceptors (Lipinski definition) is 5. The molecule has 0 aliphatic carbocycles. The van der Waals surface area contributed by atoms with Crippen molar-refractivity contribution in [2.45, 2.75) is 6.92 Å². The third-order valence-corrected chi connectivity index (χ3v) is 8.06. The van der Waals surface area contributed by atoms with Crippen molar-refractivity contribution in [3.63, 3.8) is 0 Å². The highest BCUT2D eigenvalue weighted by molar-refractivity contribution is 6.05. The van der Waals surface area contributed by atoms with Gasteiger partial charge in [0.2, 0.25) is 0 Å². The highest BCUT2D eigenvalue weighted by atomic mass is 14.9. The van der Waals surface area contributed by atoms with Crippen molar-refractivity contribution >= 4 is 21.8 Å². The second-order valence-corrected chi connectivity index (χ2v) is 11.0. The third kappa shape index (κ3) is 5.11. The van der Waals surface area contributed by atoms with Gasteiger partial charge in [0.05, 0.1) is 33.8 Å². The predicted octanol–water partition coefficient (Wildman–Crippen LogP) is 9.61. The smallest absolute Gasteiger partial charge is 0.179 e. The van der Waals surface area contributed by atoms with Crippen LogP contribution in [0.15, 0.2) is 146 Å². The molecule has 8 rings (SSSR count). The monoisotopic (exact) mass is 577 g/mol. The SMILES string of the molecule is Cc1cc(-c2ccccc2)nc2c1ccc1ccc(-c3cccc(-c4cc(-c5ccccc5)nc(-c5ccccn5)n4)c3)nc12. The molecular weight excluding hydrogens is 550 g/mol. The Morgan fingerprint density at radius 2 is 1.00 bits per heavy atom. The molecule has 8 aromatic rings. The number of hydrogen-bond donors (Lipinski definition) is 0. The minimum absolute atomic E-state index is 0.586. The normalized spacial score (nSPS) is 11.2. The first kappa shape index (κ1) is 26.5. The molecule has 45 heavy (non-hydrogen) atoms. The van der Waals surface area contributed by atoms with Gasteiger partial charge in [-0.2, -0.15) is 0 Å². The highest BCUT2D eigenvalue weighted by Gasteiger charge is 2.14. The van der Waals surface area contributed by atoms with Gasteiger partial charge < -0.3 is 0 Å². The van der Waals surface area contributed by atoms with E-state index in [1.165, 1.54) is 5.56 Å². The molecule has 0 aliphatic heterocycles. The molecule has 5 heteroatoms. The van der Waals surface area contributed by atoms with Gasteiger partial charge in [-0.25, -0.2) is 19.9 Å². The van der Waals surface area contributed by atoms with Crippen LogP contribution in [-0.2, 0) is 0 Å². The van der Waals surface area contributed by atoms with Gasteiger partial charge in [-0.1, -0.05) is 103 Å². The summed E-state index contributed by atoms with van der Waals surface area (Å²) < 4.78 is 0. The van der Waals surface area contributed by atoms with Crippen molar-refractivity contribution in [2.24, 2.45) is 0 Å². The summed E-state index contributed by atoms with van der Waals surface area (Å²) in [5.41, 5.74) is 11.3. The Bertz CT molecular complexity index is 2260. The van der Waals surface area contributed by atoms with Crippen LogP contribution in [0.3, 0.4) is 0 Å². The first-order valence-corrected chi connectivity index (χ1v) is 14.9.